The molecule has 0 aromatic heterocycles. The van der Waals surface area contributed by atoms with Crippen LogP contribution in [-0.4, -0.2) is 12.4 Å². The number of carbonyl (C=O) groups is 1. The fourth-order valence-electron chi connectivity index (χ4n) is 3.30. The smallest absolute Gasteiger partial charge is 0.189 e. The summed E-state index contributed by atoms with van der Waals surface area (Å²) in [7, 11) is 0. The van der Waals surface area contributed by atoms with Gasteiger partial charge in [0, 0.05) is 11.1 Å². The molecule has 0 bridgehead atoms. The normalized spacial score (nSPS) is 15.5. The van der Waals surface area contributed by atoms with Crippen molar-refractivity contribution in [3.63, 3.8) is 0 Å². The summed E-state index contributed by atoms with van der Waals surface area (Å²) in [4.78, 5) is 12.8. The van der Waals surface area contributed by atoms with Crippen molar-refractivity contribution >= 4 is 11.9 Å². The Morgan fingerprint density at radius 3 is 2.54 bits per heavy atom. The summed E-state index contributed by atoms with van der Waals surface area (Å²) < 4.78 is 5.61. The summed E-state index contributed by atoms with van der Waals surface area (Å²) in [6.45, 7) is 6.97. The van der Waals surface area contributed by atoms with Crippen LogP contribution in [0.2, 0.25) is 0 Å². The molecule has 0 unspecified atom stereocenters. The van der Waals surface area contributed by atoms with E-state index < -0.39 is 0 Å². The minimum absolute atomic E-state index is 0.175. The van der Waals surface area contributed by atoms with E-state index in [4.69, 9.17) is 4.74 Å². The third-order valence-corrected chi connectivity index (χ3v) is 4.49. The quantitative estimate of drug-likeness (QED) is 0.714. The number of ether oxygens (including phenoxy) is 1. The lowest BCUT2D eigenvalue weighted by Crippen LogP contribution is -2.15. The molecule has 0 saturated heterocycles. The van der Waals surface area contributed by atoms with E-state index in [1.807, 2.05) is 43.3 Å². The van der Waals surface area contributed by atoms with Gasteiger partial charge in [-0.3, -0.25) is 4.79 Å². The molecule has 0 heterocycles. The molecule has 0 aliphatic heterocycles. The van der Waals surface area contributed by atoms with Gasteiger partial charge in [0.25, 0.3) is 0 Å². The summed E-state index contributed by atoms with van der Waals surface area (Å²) in [5.74, 6) is 1.06. The molecule has 0 fully saturated rings. The van der Waals surface area contributed by atoms with Gasteiger partial charge in [0.1, 0.15) is 5.75 Å². The number of hydrogen-bond acceptors (Lipinski definition) is 2. The van der Waals surface area contributed by atoms with Crippen LogP contribution >= 0.6 is 0 Å². The fourth-order valence-corrected chi connectivity index (χ4v) is 3.30. The Balaban J connectivity index is 1.85. The van der Waals surface area contributed by atoms with Crippen LogP contribution in [-0.2, 0) is 6.42 Å². The van der Waals surface area contributed by atoms with E-state index >= 15 is 0 Å². The zero-order valence-corrected chi connectivity index (χ0v) is 14.7. The van der Waals surface area contributed by atoms with Gasteiger partial charge < -0.3 is 4.74 Å². The third kappa shape index (κ3) is 3.43. The predicted molar refractivity (Wildman–Crippen MR) is 98.8 cm³/mol. The average molecular weight is 320 g/mol. The number of rotatable bonds is 4. The molecule has 0 amide bonds. The van der Waals surface area contributed by atoms with Crippen molar-refractivity contribution in [3.8, 4) is 5.75 Å². The van der Waals surface area contributed by atoms with Crippen LogP contribution in [0.25, 0.3) is 6.08 Å². The molecule has 24 heavy (non-hydrogen) atoms. The zero-order valence-electron chi connectivity index (χ0n) is 14.7. The van der Waals surface area contributed by atoms with Gasteiger partial charge in [-0.25, -0.2) is 0 Å². The standard InChI is InChI=1S/C22H24O2/c1-4-11-24-19-8-5-17(6-9-19)14-18-7-10-20-16(3)12-15(2)13-21(20)22(18)23/h5-6,8-9,12-14H,4,7,10-11H2,1-3H3. The van der Waals surface area contributed by atoms with Crippen molar-refractivity contribution in [2.24, 2.45) is 0 Å². The predicted octanol–water partition coefficient (Wildman–Crippen LogP) is 5.30. The second-order valence-electron chi connectivity index (χ2n) is 6.52. The van der Waals surface area contributed by atoms with E-state index in [2.05, 4.69) is 19.9 Å². The Labute approximate surface area is 144 Å². The first kappa shape index (κ1) is 16.5. The minimum atomic E-state index is 0.175. The SMILES string of the molecule is CCCOc1ccc(C=C2CCc3c(C)cc(C)cc3C2=O)cc1. The summed E-state index contributed by atoms with van der Waals surface area (Å²) >= 11 is 0. The number of hydrogen-bond donors (Lipinski definition) is 0. The van der Waals surface area contributed by atoms with Crippen LogP contribution in [0.4, 0.5) is 0 Å². The van der Waals surface area contributed by atoms with Gasteiger partial charge in [0.15, 0.2) is 5.78 Å². The molecular formula is C22H24O2. The van der Waals surface area contributed by atoms with Gasteiger partial charge in [-0.1, -0.05) is 30.7 Å². The van der Waals surface area contributed by atoms with Gasteiger partial charge in [-0.05, 0) is 74.1 Å². The summed E-state index contributed by atoms with van der Waals surface area (Å²) in [6.07, 6.45) is 4.77. The number of carbonyl (C=O) groups excluding carboxylic acids is 1. The van der Waals surface area contributed by atoms with E-state index in [-0.39, 0.29) is 5.78 Å². The highest BCUT2D eigenvalue weighted by atomic mass is 16.5. The molecule has 0 atom stereocenters. The van der Waals surface area contributed by atoms with Gasteiger partial charge in [-0.2, -0.15) is 0 Å². The Morgan fingerprint density at radius 1 is 1.08 bits per heavy atom. The van der Waals surface area contributed by atoms with Gasteiger partial charge >= 0.3 is 0 Å². The summed E-state index contributed by atoms with van der Waals surface area (Å²) in [6, 6.07) is 12.2. The van der Waals surface area contributed by atoms with Crippen molar-refractivity contribution in [1.29, 1.82) is 0 Å². The van der Waals surface area contributed by atoms with Gasteiger partial charge in [0.05, 0.1) is 6.61 Å². The van der Waals surface area contributed by atoms with Crippen molar-refractivity contribution < 1.29 is 9.53 Å². The van der Waals surface area contributed by atoms with E-state index in [1.165, 1.54) is 11.1 Å². The summed E-state index contributed by atoms with van der Waals surface area (Å²) in [5.41, 5.74) is 6.43. The van der Waals surface area contributed by atoms with Crippen molar-refractivity contribution in [3.05, 3.63) is 69.8 Å². The Morgan fingerprint density at radius 2 is 1.83 bits per heavy atom. The molecular weight excluding hydrogens is 296 g/mol. The molecule has 1 aliphatic carbocycles. The molecule has 0 saturated carbocycles. The van der Waals surface area contributed by atoms with Crippen molar-refractivity contribution in [1.82, 2.24) is 0 Å². The number of Topliss-reactive ketones (excluding diaryl/α,β-unsaturated/α-hetero) is 1. The van der Waals surface area contributed by atoms with Crippen LogP contribution in [0.5, 0.6) is 5.75 Å². The number of aryl methyl sites for hydroxylation is 2. The molecule has 0 spiro atoms. The fraction of sp³-hybridized carbons (Fsp3) is 0.318. The van der Waals surface area contributed by atoms with Gasteiger partial charge in [-0.15, -0.1) is 0 Å². The first-order valence-corrected chi connectivity index (χ1v) is 8.66. The average Bonchev–Trinajstić information content (AvgIpc) is 2.57. The molecule has 0 N–H and O–H groups in total. The lowest BCUT2D eigenvalue weighted by molar-refractivity contribution is 0.102. The van der Waals surface area contributed by atoms with E-state index in [0.717, 1.165) is 53.9 Å². The molecule has 0 radical (unpaired) electrons. The van der Waals surface area contributed by atoms with Crippen LogP contribution in [0, 0.1) is 13.8 Å². The first-order valence-electron chi connectivity index (χ1n) is 8.66. The Kier molecular flexibility index (Phi) is 4.84. The van der Waals surface area contributed by atoms with Crippen molar-refractivity contribution in [2.45, 2.75) is 40.0 Å². The maximum absolute atomic E-state index is 12.8. The highest BCUT2D eigenvalue weighted by Gasteiger charge is 2.23. The molecule has 2 aromatic rings. The minimum Gasteiger partial charge on any atom is -0.494 e. The van der Waals surface area contributed by atoms with Crippen molar-refractivity contribution in [2.75, 3.05) is 6.61 Å². The number of allylic oxidation sites excluding steroid dienone is 1. The second kappa shape index (κ2) is 7.04. The maximum Gasteiger partial charge on any atom is 0.189 e. The molecule has 2 aromatic carbocycles. The number of fused-ring (bicyclic) bond motifs is 1. The van der Waals surface area contributed by atoms with Crippen LogP contribution in [0.1, 0.15) is 52.4 Å². The lowest BCUT2D eigenvalue weighted by atomic mass is 9.83. The zero-order chi connectivity index (χ0) is 17.1. The van der Waals surface area contributed by atoms with Crippen LogP contribution in [0.15, 0.2) is 42.0 Å². The Bertz CT molecular complexity index is 782. The number of benzene rings is 2. The third-order valence-electron chi connectivity index (χ3n) is 4.49. The lowest BCUT2D eigenvalue weighted by Gasteiger charge is -2.20. The molecule has 1 aliphatic rings. The number of ketones is 1. The first-order chi connectivity index (χ1) is 11.6. The largest absolute Gasteiger partial charge is 0.494 e. The highest BCUT2D eigenvalue weighted by Crippen LogP contribution is 2.30. The molecule has 124 valence electrons. The van der Waals surface area contributed by atoms with E-state index in [1.54, 1.807) is 0 Å². The summed E-state index contributed by atoms with van der Waals surface area (Å²) in [5, 5.41) is 0. The molecule has 2 nitrogen and oxygen atoms in total. The highest BCUT2D eigenvalue weighted by molar-refractivity contribution is 6.13. The second-order valence-corrected chi connectivity index (χ2v) is 6.52. The molecule has 3 rings (SSSR count). The van der Waals surface area contributed by atoms with E-state index in [9.17, 15) is 4.79 Å². The van der Waals surface area contributed by atoms with Crippen LogP contribution < -0.4 is 4.74 Å². The maximum atomic E-state index is 12.8. The Hall–Kier alpha value is -2.35. The monoisotopic (exact) mass is 320 g/mol. The van der Waals surface area contributed by atoms with E-state index in [0.29, 0.717) is 0 Å². The topological polar surface area (TPSA) is 26.3 Å². The van der Waals surface area contributed by atoms with Crippen LogP contribution in [0.3, 0.4) is 0 Å². The van der Waals surface area contributed by atoms with Gasteiger partial charge in [0.2, 0.25) is 0 Å². The molecule has 2 heteroatoms.